The van der Waals surface area contributed by atoms with Crippen molar-refractivity contribution < 1.29 is 32.6 Å². The second kappa shape index (κ2) is 9.52. The van der Waals surface area contributed by atoms with E-state index >= 15 is 0 Å². The van der Waals surface area contributed by atoms with Gasteiger partial charge in [-0.1, -0.05) is 17.3 Å². The van der Waals surface area contributed by atoms with Crippen LogP contribution >= 0.6 is 0 Å². The SMILES string of the molecule is CCOC(=O)c1cnn(-c2ccc(-c3cn(-c4cc(O)ccc4NC(C)=O)nn3)cc2)c1C(F)(F)F. The van der Waals surface area contributed by atoms with Crippen LogP contribution < -0.4 is 5.32 Å². The van der Waals surface area contributed by atoms with Crippen LogP contribution in [0.2, 0.25) is 0 Å². The Morgan fingerprint density at radius 3 is 2.50 bits per heavy atom. The molecule has 2 N–H and O–H groups in total. The third-order valence-corrected chi connectivity index (χ3v) is 4.97. The minimum Gasteiger partial charge on any atom is -0.508 e. The lowest BCUT2D eigenvalue weighted by atomic mass is 10.1. The van der Waals surface area contributed by atoms with Gasteiger partial charge in [-0.2, -0.15) is 18.3 Å². The molecule has 1 amide bonds. The van der Waals surface area contributed by atoms with E-state index in [0.29, 0.717) is 27.3 Å². The van der Waals surface area contributed by atoms with Gasteiger partial charge in [0.2, 0.25) is 5.91 Å². The van der Waals surface area contributed by atoms with Crippen molar-refractivity contribution in [2.24, 2.45) is 0 Å². The van der Waals surface area contributed by atoms with Gasteiger partial charge in [0, 0.05) is 18.6 Å². The molecule has 4 aromatic rings. The molecule has 13 heteroatoms. The highest BCUT2D eigenvalue weighted by Crippen LogP contribution is 2.34. The smallest absolute Gasteiger partial charge is 0.434 e. The minimum atomic E-state index is -4.85. The Kier molecular flexibility index (Phi) is 6.47. The number of halogens is 3. The van der Waals surface area contributed by atoms with Crippen molar-refractivity contribution in [2.75, 3.05) is 11.9 Å². The zero-order chi connectivity index (χ0) is 26.0. The standard InChI is InChI=1S/C23H19F3N6O4/c1-3-36-22(35)17-11-27-32(21(17)23(24,25)26)15-6-4-14(5-7-15)19-12-31(30-29-19)20-10-16(34)8-9-18(20)28-13(2)33/h4-12,34H,3H2,1-2H3,(H,28,33). The maximum absolute atomic E-state index is 13.7. The molecular weight excluding hydrogens is 481 g/mol. The van der Waals surface area contributed by atoms with Crippen LogP contribution in [-0.4, -0.2) is 48.4 Å². The number of ether oxygens (including phenoxy) is 1. The number of carbonyl (C=O) groups excluding carboxylic acids is 2. The van der Waals surface area contributed by atoms with Crippen molar-refractivity contribution >= 4 is 17.6 Å². The van der Waals surface area contributed by atoms with Crippen LogP contribution in [-0.2, 0) is 15.7 Å². The summed E-state index contributed by atoms with van der Waals surface area (Å²) in [5, 5.41) is 24.3. The van der Waals surface area contributed by atoms with E-state index in [1.165, 1.54) is 67.2 Å². The first-order chi connectivity index (χ1) is 17.1. The number of esters is 1. The maximum Gasteiger partial charge on any atom is 0.434 e. The van der Waals surface area contributed by atoms with Crippen LogP contribution in [0.5, 0.6) is 5.75 Å². The Hall–Kier alpha value is -4.68. The molecule has 0 bridgehead atoms. The van der Waals surface area contributed by atoms with Gasteiger partial charge in [-0.3, -0.25) is 4.79 Å². The van der Waals surface area contributed by atoms with Crippen molar-refractivity contribution in [3.63, 3.8) is 0 Å². The first kappa shape index (κ1) is 24.4. The fourth-order valence-electron chi connectivity index (χ4n) is 3.47. The first-order valence-electron chi connectivity index (χ1n) is 10.5. The summed E-state index contributed by atoms with van der Waals surface area (Å²) in [6, 6.07) is 10.1. The third-order valence-electron chi connectivity index (χ3n) is 4.97. The second-order valence-corrected chi connectivity index (χ2v) is 7.51. The number of hydrogen-bond donors (Lipinski definition) is 2. The number of carbonyl (C=O) groups is 2. The van der Waals surface area contributed by atoms with Crippen molar-refractivity contribution in [3.8, 4) is 28.4 Å². The summed E-state index contributed by atoms with van der Waals surface area (Å²) in [7, 11) is 0. The molecule has 0 aliphatic rings. The van der Waals surface area contributed by atoms with E-state index in [-0.39, 0.29) is 24.0 Å². The number of amides is 1. The van der Waals surface area contributed by atoms with E-state index in [0.717, 1.165) is 6.20 Å². The van der Waals surface area contributed by atoms with E-state index in [9.17, 15) is 27.9 Å². The van der Waals surface area contributed by atoms with Crippen molar-refractivity contribution in [1.82, 2.24) is 24.8 Å². The summed E-state index contributed by atoms with van der Waals surface area (Å²) in [5.74, 6) is -1.49. The average Bonchev–Trinajstić information content (AvgIpc) is 3.48. The third kappa shape index (κ3) is 4.89. The molecule has 0 spiro atoms. The van der Waals surface area contributed by atoms with Gasteiger partial charge in [-0.15, -0.1) is 5.10 Å². The fourth-order valence-corrected chi connectivity index (χ4v) is 3.47. The minimum absolute atomic E-state index is 0.0533. The normalized spacial score (nSPS) is 11.4. The topological polar surface area (TPSA) is 124 Å². The van der Waals surface area contributed by atoms with Crippen molar-refractivity contribution in [1.29, 1.82) is 0 Å². The van der Waals surface area contributed by atoms with E-state index in [1.54, 1.807) is 0 Å². The summed E-state index contributed by atoms with van der Waals surface area (Å²) >= 11 is 0. The average molecular weight is 500 g/mol. The molecule has 0 saturated carbocycles. The number of aromatic nitrogens is 5. The van der Waals surface area contributed by atoms with E-state index in [1.807, 2.05) is 0 Å². The van der Waals surface area contributed by atoms with Crippen LogP contribution in [0.4, 0.5) is 18.9 Å². The Labute approximate surface area is 201 Å². The zero-order valence-electron chi connectivity index (χ0n) is 18.9. The summed E-state index contributed by atoms with van der Waals surface area (Å²) in [6.07, 6.45) is -2.50. The highest BCUT2D eigenvalue weighted by molar-refractivity contribution is 5.91. The van der Waals surface area contributed by atoms with Gasteiger partial charge in [-0.25, -0.2) is 14.2 Å². The number of anilines is 1. The van der Waals surface area contributed by atoms with Crippen LogP contribution in [0.3, 0.4) is 0 Å². The summed E-state index contributed by atoms with van der Waals surface area (Å²) < 4.78 is 47.9. The second-order valence-electron chi connectivity index (χ2n) is 7.51. The van der Waals surface area contributed by atoms with Crippen LogP contribution in [0, 0.1) is 0 Å². The van der Waals surface area contributed by atoms with E-state index < -0.39 is 23.4 Å². The molecule has 0 radical (unpaired) electrons. The lowest BCUT2D eigenvalue weighted by Gasteiger charge is -2.12. The lowest BCUT2D eigenvalue weighted by molar-refractivity contribution is -0.143. The Morgan fingerprint density at radius 2 is 1.86 bits per heavy atom. The molecule has 186 valence electrons. The van der Waals surface area contributed by atoms with Gasteiger partial charge < -0.3 is 15.2 Å². The molecule has 10 nitrogen and oxygen atoms in total. The quantitative estimate of drug-likeness (QED) is 0.303. The van der Waals surface area contributed by atoms with Gasteiger partial charge in [0.25, 0.3) is 0 Å². The molecule has 0 aliphatic heterocycles. The summed E-state index contributed by atoms with van der Waals surface area (Å²) in [4.78, 5) is 23.5. The molecule has 0 aliphatic carbocycles. The van der Waals surface area contributed by atoms with Gasteiger partial charge in [0.15, 0.2) is 5.69 Å². The van der Waals surface area contributed by atoms with Crippen LogP contribution in [0.1, 0.15) is 29.9 Å². The number of benzene rings is 2. The number of alkyl halides is 3. The van der Waals surface area contributed by atoms with Gasteiger partial charge in [0.05, 0.1) is 36.1 Å². The summed E-state index contributed by atoms with van der Waals surface area (Å²) in [5.41, 5.74) is -0.206. The number of nitrogens with one attached hydrogen (secondary N) is 1. The fraction of sp³-hybridized carbons (Fsp3) is 0.174. The Balaban J connectivity index is 1.67. The number of nitrogens with zero attached hydrogens (tertiary/aromatic N) is 5. The van der Waals surface area contributed by atoms with Crippen LogP contribution in [0.15, 0.2) is 54.9 Å². The first-order valence-corrected chi connectivity index (χ1v) is 10.5. The zero-order valence-corrected chi connectivity index (χ0v) is 18.9. The molecule has 0 atom stereocenters. The predicted octanol–water partition coefficient (Wildman–Crippen LogP) is 3.98. The molecule has 4 rings (SSSR count). The Morgan fingerprint density at radius 1 is 1.14 bits per heavy atom. The molecule has 2 aromatic heterocycles. The molecule has 0 fully saturated rings. The summed E-state index contributed by atoms with van der Waals surface area (Å²) in [6.45, 7) is 2.75. The lowest BCUT2D eigenvalue weighted by Crippen LogP contribution is -2.18. The molecule has 0 unspecified atom stereocenters. The highest BCUT2D eigenvalue weighted by Gasteiger charge is 2.41. The number of phenolic OH excluding ortho intramolecular Hbond substituents is 1. The van der Waals surface area contributed by atoms with Crippen LogP contribution in [0.25, 0.3) is 22.6 Å². The number of hydrogen-bond acceptors (Lipinski definition) is 7. The highest BCUT2D eigenvalue weighted by atomic mass is 19.4. The van der Waals surface area contributed by atoms with E-state index in [4.69, 9.17) is 4.74 Å². The molecule has 36 heavy (non-hydrogen) atoms. The van der Waals surface area contributed by atoms with E-state index in [2.05, 4.69) is 20.7 Å². The maximum atomic E-state index is 13.7. The number of phenols is 1. The number of aromatic hydroxyl groups is 1. The largest absolute Gasteiger partial charge is 0.508 e. The molecule has 2 aromatic carbocycles. The molecule has 0 saturated heterocycles. The van der Waals surface area contributed by atoms with Gasteiger partial charge >= 0.3 is 12.1 Å². The van der Waals surface area contributed by atoms with Gasteiger partial charge in [-0.05, 0) is 31.2 Å². The molecular formula is C23H19F3N6O4. The predicted molar refractivity (Wildman–Crippen MR) is 121 cm³/mol. The van der Waals surface area contributed by atoms with Crippen molar-refractivity contribution in [3.05, 3.63) is 66.1 Å². The Bertz CT molecular complexity index is 1430. The monoisotopic (exact) mass is 500 g/mol. The molecule has 2 heterocycles. The van der Waals surface area contributed by atoms with Crippen molar-refractivity contribution in [2.45, 2.75) is 20.0 Å². The van der Waals surface area contributed by atoms with Gasteiger partial charge in [0.1, 0.15) is 17.0 Å². The number of rotatable bonds is 6.